The Kier molecular flexibility index (Phi) is 5.90. The van der Waals surface area contributed by atoms with E-state index in [-0.39, 0.29) is 30.3 Å². The normalized spacial score (nSPS) is 11.4. The van der Waals surface area contributed by atoms with Crippen molar-refractivity contribution in [2.45, 2.75) is 39.5 Å². The second-order valence-electron chi connectivity index (χ2n) is 4.87. The van der Waals surface area contributed by atoms with E-state index in [1.165, 1.54) is 6.92 Å². The Balaban J connectivity index is 2.61. The quantitative estimate of drug-likeness (QED) is 0.847. The van der Waals surface area contributed by atoms with Crippen molar-refractivity contribution in [3.05, 3.63) is 29.1 Å². The Morgan fingerprint density at radius 2 is 1.95 bits per heavy atom. The molecule has 0 saturated carbocycles. The molecule has 8 heteroatoms. The van der Waals surface area contributed by atoms with Crippen LogP contribution in [0.4, 0.5) is 13.2 Å². The standard InChI is InChI=1S/C14H17F3N2O3/c1-8(2)22-12(20)6-7-18-13(21)10-4-5-11(14(15,16)17)19-9(10)3/h4-5,8H,6-7H2,1-3H3,(H,18,21). The van der Waals surface area contributed by atoms with Crippen LogP contribution in [0.25, 0.3) is 0 Å². The van der Waals surface area contributed by atoms with Gasteiger partial charge in [-0.2, -0.15) is 13.2 Å². The number of alkyl halides is 3. The summed E-state index contributed by atoms with van der Waals surface area (Å²) in [5.41, 5.74) is -1.05. The van der Waals surface area contributed by atoms with Gasteiger partial charge in [-0.15, -0.1) is 0 Å². The first-order valence-electron chi connectivity index (χ1n) is 6.63. The molecule has 1 heterocycles. The minimum Gasteiger partial charge on any atom is -0.463 e. The molecule has 1 amide bonds. The molecule has 22 heavy (non-hydrogen) atoms. The van der Waals surface area contributed by atoms with Crippen LogP contribution in [0, 0.1) is 6.92 Å². The highest BCUT2D eigenvalue weighted by Crippen LogP contribution is 2.28. The Labute approximate surface area is 125 Å². The first kappa shape index (κ1) is 17.9. The number of ether oxygens (including phenoxy) is 1. The summed E-state index contributed by atoms with van der Waals surface area (Å²) in [6.07, 6.45) is -4.82. The lowest BCUT2D eigenvalue weighted by atomic mass is 10.1. The number of nitrogens with one attached hydrogen (secondary N) is 1. The maximum atomic E-state index is 12.5. The molecule has 0 atom stereocenters. The van der Waals surface area contributed by atoms with Gasteiger partial charge in [0.25, 0.3) is 5.91 Å². The molecule has 1 aromatic heterocycles. The molecule has 0 bridgehead atoms. The molecule has 0 saturated heterocycles. The van der Waals surface area contributed by atoms with E-state index in [9.17, 15) is 22.8 Å². The molecule has 0 fully saturated rings. The number of aromatic nitrogens is 1. The second kappa shape index (κ2) is 7.24. The van der Waals surface area contributed by atoms with E-state index < -0.39 is 23.7 Å². The summed E-state index contributed by atoms with van der Waals surface area (Å²) in [5.74, 6) is -1.05. The van der Waals surface area contributed by atoms with Crippen LogP contribution in [0.5, 0.6) is 0 Å². The van der Waals surface area contributed by atoms with Crippen LogP contribution in [0.1, 0.15) is 42.0 Å². The van der Waals surface area contributed by atoms with Gasteiger partial charge in [-0.1, -0.05) is 0 Å². The molecular weight excluding hydrogens is 301 g/mol. The fraction of sp³-hybridized carbons (Fsp3) is 0.500. The summed E-state index contributed by atoms with van der Waals surface area (Å²) in [7, 11) is 0. The lowest BCUT2D eigenvalue weighted by Crippen LogP contribution is -2.28. The van der Waals surface area contributed by atoms with E-state index in [0.29, 0.717) is 0 Å². The third-order valence-electron chi connectivity index (χ3n) is 2.60. The number of amides is 1. The van der Waals surface area contributed by atoms with Crippen LogP contribution in [-0.2, 0) is 15.7 Å². The summed E-state index contributed by atoms with van der Waals surface area (Å²) in [6, 6.07) is 1.81. The molecule has 0 aromatic carbocycles. The smallest absolute Gasteiger partial charge is 0.433 e. The molecule has 0 aliphatic rings. The van der Waals surface area contributed by atoms with Crippen molar-refractivity contribution in [3.63, 3.8) is 0 Å². The first-order chi connectivity index (χ1) is 10.1. The highest BCUT2D eigenvalue weighted by Gasteiger charge is 2.33. The summed E-state index contributed by atoms with van der Waals surface area (Å²) in [5, 5.41) is 2.44. The summed E-state index contributed by atoms with van der Waals surface area (Å²) < 4.78 is 42.3. The number of nitrogens with zero attached hydrogens (tertiary/aromatic N) is 1. The molecule has 1 aromatic rings. The van der Waals surface area contributed by atoms with Crippen LogP contribution in [0.2, 0.25) is 0 Å². The average Bonchev–Trinajstić information content (AvgIpc) is 2.36. The van der Waals surface area contributed by atoms with Crippen molar-refractivity contribution in [1.82, 2.24) is 10.3 Å². The molecule has 0 unspecified atom stereocenters. The molecular formula is C14H17F3N2O3. The minimum absolute atomic E-state index is 0.0168. The zero-order valence-electron chi connectivity index (χ0n) is 12.5. The Morgan fingerprint density at radius 1 is 1.32 bits per heavy atom. The van der Waals surface area contributed by atoms with Gasteiger partial charge in [-0.25, -0.2) is 4.98 Å². The maximum Gasteiger partial charge on any atom is 0.433 e. The van der Waals surface area contributed by atoms with E-state index in [1.807, 2.05) is 0 Å². The number of rotatable bonds is 5. The largest absolute Gasteiger partial charge is 0.463 e. The molecule has 1 N–H and O–H groups in total. The SMILES string of the molecule is Cc1nc(C(F)(F)F)ccc1C(=O)NCCC(=O)OC(C)C. The van der Waals surface area contributed by atoms with Crippen molar-refractivity contribution >= 4 is 11.9 Å². The molecule has 122 valence electrons. The van der Waals surface area contributed by atoms with Gasteiger partial charge in [-0.3, -0.25) is 9.59 Å². The zero-order chi connectivity index (χ0) is 16.9. The van der Waals surface area contributed by atoms with Crippen LogP contribution >= 0.6 is 0 Å². The van der Waals surface area contributed by atoms with E-state index in [2.05, 4.69) is 10.3 Å². The minimum atomic E-state index is -4.56. The van der Waals surface area contributed by atoms with E-state index in [1.54, 1.807) is 13.8 Å². The summed E-state index contributed by atoms with van der Waals surface area (Å²) in [6.45, 7) is 4.75. The van der Waals surface area contributed by atoms with Crippen molar-refractivity contribution in [3.8, 4) is 0 Å². The molecule has 0 aliphatic carbocycles. The van der Waals surface area contributed by atoms with E-state index in [0.717, 1.165) is 12.1 Å². The molecule has 1 rings (SSSR count). The molecule has 0 radical (unpaired) electrons. The highest BCUT2D eigenvalue weighted by atomic mass is 19.4. The van der Waals surface area contributed by atoms with Crippen molar-refractivity contribution in [2.24, 2.45) is 0 Å². The van der Waals surface area contributed by atoms with Crippen LogP contribution < -0.4 is 5.32 Å². The molecule has 0 spiro atoms. The Bertz CT molecular complexity index is 557. The van der Waals surface area contributed by atoms with E-state index >= 15 is 0 Å². The number of carbonyl (C=O) groups is 2. The third-order valence-corrected chi connectivity index (χ3v) is 2.60. The summed E-state index contributed by atoms with van der Waals surface area (Å²) in [4.78, 5) is 26.5. The molecule has 5 nitrogen and oxygen atoms in total. The van der Waals surface area contributed by atoms with E-state index in [4.69, 9.17) is 4.74 Å². The predicted octanol–water partition coefficient (Wildman–Crippen LogP) is 2.48. The van der Waals surface area contributed by atoms with Gasteiger partial charge < -0.3 is 10.1 Å². The zero-order valence-corrected chi connectivity index (χ0v) is 12.5. The fourth-order valence-corrected chi connectivity index (χ4v) is 1.65. The lowest BCUT2D eigenvalue weighted by Gasteiger charge is -2.11. The van der Waals surface area contributed by atoms with Crippen molar-refractivity contribution in [1.29, 1.82) is 0 Å². The average molecular weight is 318 g/mol. The van der Waals surface area contributed by atoms with Gasteiger partial charge in [0.05, 0.1) is 23.8 Å². The molecule has 0 aliphatic heterocycles. The van der Waals surface area contributed by atoms with Crippen LogP contribution in [0.3, 0.4) is 0 Å². The van der Waals surface area contributed by atoms with Gasteiger partial charge in [0, 0.05) is 6.54 Å². The Morgan fingerprint density at radius 3 is 2.45 bits per heavy atom. The monoisotopic (exact) mass is 318 g/mol. The van der Waals surface area contributed by atoms with Crippen LogP contribution in [0.15, 0.2) is 12.1 Å². The summed E-state index contributed by atoms with van der Waals surface area (Å²) >= 11 is 0. The van der Waals surface area contributed by atoms with Crippen LogP contribution in [-0.4, -0.2) is 29.5 Å². The highest BCUT2D eigenvalue weighted by molar-refractivity contribution is 5.95. The Hall–Kier alpha value is -2.12. The topological polar surface area (TPSA) is 68.3 Å². The van der Waals surface area contributed by atoms with Crippen molar-refractivity contribution in [2.75, 3.05) is 6.54 Å². The van der Waals surface area contributed by atoms with Crippen molar-refractivity contribution < 1.29 is 27.5 Å². The third kappa shape index (κ3) is 5.34. The van der Waals surface area contributed by atoms with Gasteiger partial charge in [0.15, 0.2) is 0 Å². The predicted molar refractivity (Wildman–Crippen MR) is 72.2 cm³/mol. The van der Waals surface area contributed by atoms with Gasteiger partial charge in [0.1, 0.15) is 5.69 Å². The number of hydrogen-bond acceptors (Lipinski definition) is 4. The fourth-order valence-electron chi connectivity index (χ4n) is 1.65. The van der Waals surface area contributed by atoms with Gasteiger partial charge in [-0.05, 0) is 32.9 Å². The van der Waals surface area contributed by atoms with Gasteiger partial charge in [0.2, 0.25) is 0 Å². The maximum absolute atomic E-state index is 12.5. The lowest BCUT2D eigenvalue weighted by molar-refractivity contribution is -0.147. The number of carbonyl (C=O) groups excluding carboxylic acids is 2. The number of pyridine rings is 1. The first-order valence-corrected chi connectivity index (χ1v) is 6.63. The number of esters is 1. The number of hydrogen-bond donors (Lipinski definition) is 1. The second-order valence-corrected chi connectivity index (χ2v) is 4.87. The van der Waals surface area contributed by atoms with Gasteiger partial charge >= 0.3 is 12.1 Å². The number of aryl methyl sites for hydroxylation is 1. The number of halogens is 3.